The number of nitriles is 1. The largest absolute Gasteiger partial charge is 0.435 e. The van der Waals surface area contributed by atoms with Crippen LogP contribution in [0.1, 0.15) is 41.4 Å². The Balaban J connectivity index is 1.31. The summed E-state index contributed by atoms with van der Waals surface area (Å²) in [5.74, 6) is -0.0508. The summed E-state index contributed by atoms with van der Waals surface area (Å²) in [6.45, 7) is 2.99. The van der Waals surface area contributed by atoms with Crippen molar-refractivity contribution in [2.75, 3.05) is 25.0 Å². The first-order chi connectivity index (χ1) is 20.7. The van der Waals surface area contributed by atoms with E-state index in [2.05, 4.69) is 36.3 Å². The molecule has 0 bridgehead atoms. The lowest BCUT2D eigenvalue weighted by Gasteiger charge is -2.14. The number of aryl methyl sites for hydroxylation is 1. The molecule has 224 valence electrons. The number of anilines is 2. The average molecular weight is 595 g/mol. The maximum atomic E-state index is 13.7. The fourth-order valence-electron chi connectivity index (χ4n) is 4.99. The van der Waals surface area contributed by atoms with Crippen LogP contribution in [0.5, 0.6) is 0 Å². The molecule has 1 fully saturated rings. The van der Waals surface area contributed by atoms with Crippen molar-refractivity contribution < 1.29 is 22.8 Å². The Morgan fingerprint density at radius 3 is 2.74 bits per heavy atom. The zero-order chi connectivity index (χ0) is 30.6. The Hall–Kier alpha value is -4.97. The van der Waals surface area contributed by atoms with Crippen LogP contribution < -0.4 is 21.3 Å². The van der Waals surface area contributed by atoms with Gasteiger partial charge < -0.3 is 21.3 Å². The molecule has 0 saturated carbocycles. The van der Waals surface area contributed by atoms with Gasteiger partial charge in [-0.15, -0.1) is 0 Å². The van der Waals surface area contributed by atoms with Gasteiger partial charge in [0.25, 0.3) is 5.91 Å². The van der Waals surface area contributed by atoms with Crippen molar-refractivity contribution in [2.24, 2.45) is 0 Å². The van der Waals surface area contributed by atoms with Gasteiger partial charge in [0.15, 0.2) is 17.2 Å². The summed E-state index contributed by atoms with van der Waals surface area (Å²) in [6.07, 6.45) is 2.97. The summed E-state index contributed by atoms with van der Waals surface area (Å²) in [5, 5.41) is 24.4. The van der Waals surface area contributed by atoms with Crippen molar-refractivity contribution >= 4 is 29.0 Å². The number of hydrogen-bond donors (Lipinski definition) is 4. The maximum Gasteiger partial charge on any atom is 0.435 e. The lowest BCUT2D eigenvalue weighted by atomic mass is 10.0. The van der Waals surface area contributed by atoms with E-state index in [0.717, 1.165) is 29.6 Å². The fraction of sp³-hybridized carbons (Fsp3) is 0.357. The van der Waals surface area contributed by atoms with Crippen molar-refractivity contribution in [3.8, 4) is 17.3 Å². The zero-order valence-electron chi connectivity index (χ0n) is 23.2. The molecule has 0 aliphatic carbocycles. The highest BCUT2D eigenvalue weighted by Crippen LogP contribution is 2.37. The van der Waals surface area contributed by atoms with E-state index < -0.39 is 11.9 Å². The molecule has 12 nitrogen and oxygen atoms in total. The Bertz CT molecular complexity index is 1680. The molecule has 1 aromatic carbocycles. The number of nitrogens with zero attached hydrogens (tertiary/aromatic N) is 6. The minimum atomic E-state index is -4.74. The van der Waals surface area contributed by atoms with E-state index in [0.29, 0.717) is 30.0 Å². The van der Waals surface area contributed by atoms with Crippen LogP contribution >= 0.6 is 0 Å². The van der Waals surface area contributed by atoms with Crippen LogP contribution in [-0.4, -0.2) is 61.6 Å². The van der Waals surface area contributed by atoms with Crippen LogP contribution in [0, 0.1) is 11.3 Å². The highest BCUT2D eigenvalue weighted by Gasteiger charge is 2.38. The number of hydrogen-bond acceptors (Lipinski definition) is 8. The molecule has 1 saturated heterocycles. The Morgan fingerprint density at radius 2 is 2.02 bits per heavy atom. The molecule has 4 aromatic rings. The Labute approximate surface area is 244 Å². The second kappa shape index (κ2) is 12.5. The molecule has 1 unspecified atom stereocenters. The second-order valence-electron chi connectivity index (χ2n) is 9.90. The van der Waals surface area contributed by atoms with E-state index in [-0.39, 0.29) is 47.9 Å². The Morgan fingerprint density at radius 1 is 1.21 bits per heavy atom. The van der Waals surface area contributed by atoms with Crippen molar-refractivity contribution in [2.45, 2.75) is 44.9 Å². The summed E-state index contributed by atoms with van der Waals surface area (Å²) in [4.78, 5) is 33.6. The molecule has 5 rings (SSSR count). The van der Waals surface area contributed by atoms with Gasteiger partial charge in [-0.3, -0.25) is 18.7 Å². The normalized spacial score (nSPS) is 14.9. The number of carbonyl (C=O) groups excluding carboxylic acids is 2. The summed E-state index contributed by atoms with van der Waals surface area (Å²) in [5.41, 5.74) is 0.920. The van der Waals surface area contributed by atoms with Crippen molar-refractivity contribution in [1.82, 2.24) is 40.1 Å². The van der Waals surface area contributed by atoms with Gasteiger partial charge in [-0.1, -0.05) is 6.92 Å². The highest BCUT2D eigenvalue weighted by molar-refractivity contribution is 5.96. The lowest BCUT2D eigenvalue weighted by molar-refractivity contribution is -0.141. The predicted octanol–water partition coefficient (Wildman–Crippen LogP) is 3.04. The lowest BCUT2D eigenvalue weighted by Crippen LogP contribution is -2.43. The SMILES string of the molecule is CCc1cc(Nc2nccn3c(-c4cn(CC#N)nc4C(F)(F)F)cnc23)ccc1C(=O)NCCNC(=O)C1CCCN1. The molecule has 0 spiro atoms. The number of nitrogens with one attached hydrogen (secondary N) is 4. The fourth-order valence-corrected chi connectivity index (χ4v) is 4.99. The molecule has 4 heterocycles. The van der Waals surface area contributed by atoms with Crippen LogP contribution in [0.2, 0.25) is 0 Å². The standard InChI is InChI=1S/C28H29F3N10O2/c1-2-17-14-18(5-6-19(17)26(42)35-9-10-36-27(43)21-4-3-8-33-21)38-24-25-37-15-22(41(25)13-11-34-24)20-16-40(12-7-32)39-23(20)28(29,30)31/h5-6,11,13-16,21,33H,2-4,8-10,12H2,1H3,(H,34,38)(H,35,42)(H,36,43). The van der Waals surface area contributed by atoms with E-state index in [4.69, 9.17) is 5.26 Å². The van der Waals surface area contributed by atoms with E-state index in [1.165, 1.54) is 29.2 Å². The van der Waals surface area contributed by atoms with E-state index >= 15 is 0 Å². The average Bonchev–Trinajstić information content (AvgIpc) is 3.75. The van der Waals surface area contributed by atoms with Gasteiger partial charge in [0.05, 0.1) is 29.6 Å². The molecule has 0 radical (unpaired) electrons. The number of rotatable bonds is 10. The molecular formula is C28H29F3N10O2. The number of alkyl halides is 3. The van der Waals surface area contributed by atoms with E-state index in [1.54, 1.807) is 24.3 Å². The van der Waals surface area contributed by atoms with E-state index in [1.807, 2.05) is 6.92 Å². The molecule has 4 N–H and O–H groups in total. The van der Waals surface area contributed by atoms with Gasteiger partial charge in [0, 0.05) is 42.9 Å². The summed E-state index contributed by atoms with van der Waals surface area (Å²) in [7, 11) is 0. The van der Waals surface area contributed by atoms with Gasteiger partial charge in [-0.05, 0) is 49.6 Å². The minimum absolute atomic E-state index is 0.0699. The van der Waals surface area contributed by atoms with Gasteiger partial charge in [-0.2, -0.15) is 23.5 Å². The minimum Gasteiger partial charge on any atom is -0.353 e. The van der Waals surface area contributed by atoms with E-state index in [9.17, 15) is 22.8 Å². The third-order valence-electron chi connectivity index (χ3n) is 7.05. The van der Waals surface area contributed by atoms with Crippen LogP contribution in [0.15, 0.2) is 43.0 Å². The van der Waals surface area contributed by atoms with Crippen LogP contribution in [0.4, 0.5) is 24.7 Å². The highest BCUT2D eigenvalue weighted by atomic mass is 19.4. The number of carbonyl (C=O) groups is 2. The van der Waals surface area contributed by atoms with Crippen molar-refractivity contribution in [3.05, 3.63) is 59.8 Å². The molecular weight excluding hydrogens is 565 g/mol. The monoisotopic (exact) mass is 594 g/mol. The third kappa shape index (κ3) is 6.44. The Kier molecular flexibility index (Phi) is 8.58. The van der Waals surface area contributed by atoms with Crippen LogP contribution in [-0.2, 0) is 23.9 Å². The molecule has 3 aromatic heterocycles. The first-order valence-electron chi connectivity index (χ1n) is 13.7. The quantitative estimate of drug-likeness (QED) is 0.204. The van der Waals surface area contributed by atoms with Crippen molar-refractivity contribution in [3.63, 3.8) is 0 Å². The van der Waals surface area contributed by atoms with Crippen LogP contribution in [0.25, 0.3) is 16.9 Å². The first kappa shape index (κ1) is 29.5. The number of halogens is 3. The molecule has 1 aliphatic heterocycles. The molecule has 43 heavy (non-hydrogen) atoms. The molecule has 15 heteroatoms. The number of benzene rings is 1. The smallest absolute Gasteiger partial charge is 0.353 e. The topological polar surface area (TPSA) is 154 Å². The first-order valence-corrected chi connectivity index (χ1v) is 13.7. The molecule has 2 amide bonds. The summed E-state index contributed by atoms with van der Waals surface area (Å²) >= 11 is 0. The van der Waals surface area contributed by atoms with Crippen LogP contribution in [0.3, 0.4) is 0 Å². The van der Waals surface area contributed by atoms with Gasteiger partial charge in [0.1, 0.15) is 6.54 Å². The van der Waals surface area contributed by atoms with Gasteiger partial charge in [0.2, 0.25) is 5.91 Å². The number of aromatic nitrogens is 5. The maximum absolute atomic E-state index is 13.7. The van der Waals surface area contributed by atoms with Gasteiger partial charge in [-0.25, -0.2) is 9.97 Å². The zero-order valence-corrected chi connectivity index (χ0v) is 23.2. The van der Waals surface area contributed by atoms with Crippen molar-refractivity contribution in [1.29, 1.82) is 5.26 Å². The van der Waals surface area contributed by atoms with Gasteiger partial charge >= 0.3 is 6.18 Å². The third-order valence-corrected chi connectivity index (χ3v) is 7.05. The predicted molar refractivity (Wildman–Crippen MR) is 150 cm³/mol. The summed E-state index contributed by atoms with van der Waals surface area (Å²) in [6, 6.07) is 6.78. The number of amides is 2. The molecule has 1 atom stereocenters. The number of imidazole rings is 1. The summed E-state index contributed by atoms with van der Waals surface area (Å²) < 4.78 is 43.6. The second-order valence-corrected chi connectivity index (χ2v) is 9.90. The number of fused-ring (bicyclic) bond motifs is 1. The molecule has 1 aliphatic rings.